The molecule has 27 heavy (non-hydrogen) atoms. The van der Waals surface area contributed by atoms with Gasteiger partial charge in [0.1, 0.15) is 10.6 Å². The van der Waals surface area contributed by atoms with E-state index in [4.69, 9.17) is 5.11 Å². The van der Waals surface area contributed by atoms with Gasteiger partial charge in [-0.05, 0) is 12.1 Å². The number of aromatic nitrogens is 1. The van der Waals surface area contributed by atoms with Crippen LogP contribution in [0.15, 0.2) is 54.6 Å². The molecule has 0 aliphatic heterocycles. The predicted molar refractivity (Wildman–Crippen MR) is 101 cm³/mol. The van der Waals surface area contributed by atoms with E-state index in [1.807, 2.05) is 30.3 Å². The fourth-order valence-corrected chi connectivity index (χ4v) is 4.08. The fourth-order valence-electron chi connectivity index (χ4n) is 3.01. The Hall–Kier alpha value is -3.32. The number of thiazole rings is 1. The maximum atomic E-state index is 12.8. The smallest absolute Gasteiger partial charge is 0.305 e. The molecule has 1 N–H and O–H groups in total. The molecule has 0 saturated carbocycles. The zero-order valence-corrected chi connectivity index (χ0v) is 14.9. The number of nitrogens with zero attached hydrogens (tertiary/aromatic N) is 2. The van der Waals surface area contributed by atoms with Crippen molar-refractivity contribution in [3.05, 3.63) is 76.3 Å². The lowest BCUT2D eigenvalue weighted by molar-refractivity contribution is -0.136. The summed E-state index contributed by atoms with van der Waals surface area (Å²) in [6, 6.07) is 15.9. The summed E-state index contributed by atoms with van der Waals surface area (Å²) in [5.41, 5.74) is 1.61. The van der Waals surface area contributed by atoms with E-state index < -0.39 is 5.97 Å². The van der Waals surface area contributed by atoms with Crippen LogP contribution >= 0.6 is 11.3 Å². The number of aliphatic carboxylic acids is 1. The Morgan fingerprint density at radius 3 is 2.26 bits per heavy atom. The highest BCUT2D eigenvalue weighted by Crippen LogP contribution is 2.37. The lowest BCUT2D eigenvalue weighted by Crippen LogP contribution is -2.21. The molecule has 7 heteroatoms. The van der Waals surface area contributed by atoms with Crippen molar-refractivity contribution in [2.75, 3.05) is 11.4 Å². The second-order valence-electron chi connectivity index (χ2n) is 6.01. The Balaban J connectivity index is 1.79. The molecular formula is C20H14N2O4S. The Labute approximate surface area is 158 Å². The summed E-state index contributed by atoms with van der Waals surface area (Å²) < 4.78 is 0. The monoisotopic (exact) mass is 378 g/mol. The van der Waals surface area contributed by atoms with Crippen molar-refractivity contribution in [2.24, 2.45) is 0 Å². The molecule has 6 nitrogen and oxygen atoms in total. The van der Waals surface area contributed by atoms with E-state index in [-0.39, 0.29) is 30.2 Å². The van der Waals surface area contributed by atoms with Gasteiger partial charge < -0.3 is 10.0 Å². The molecule has 1 aromatic heterocycles. The topological polar surface area (TPSA) is 87.6 Å². The number of benzene rings is 2. The average Bonchev–Trinajstić information content (AvgIpc) is 3.12. The minimum atomic E-state index is -0.934. The van der Waals surface area contributed by atoms with Crippen molar-refractivity contribution in [3.8, 4) is 0 Å². The van der Waals surface area contributed by atoms with Crippen molar-refractivity contribution in [2.45, 2.75) is 6.42 Å². The quantitative estimate of drug-likeness (QED) is 0.572. The van der Waals surface area contributed by atoms with Crippen LogP contribution in [-0.2, 0) is 4.79 Å². The molecular weight excluding hydrogens is 364 g/mol. The molecule has 0 radical (unpaired) electrons. The molecule has 3 aromatic rings. The fraction of sp³-hybridized carbons (Fsp3) is 0.100. The molecule has 0 saturated heterocycles. The van der Waals surface area contributed by atoms with E-state index >= 15 is 0 Å². The molecule has 1 heterocycles. The van der Waals surface area contributed by atoms with Crippen molar-refractivity contribution in [3.63, 3.8) is 0 Å². The third-order valence-electron chi connectivity index (χ3n) is 4.30. The first kappa shape index (κ1) is 17.1. The Morgan fingerprint density at radius 2 is 1.59 bits per heavy atom. The summed E-state index contributed by atoms with van der Waals surface area (Å²) in [6.07, 6.45) is -0.0960. The van der Waals surface area contributed by atoms with Gasteiger partial charge in [0.25, 0.3) is 0 Å². The van der Waals surface area contributed by atoms with E-state index in [0.717, 1.165) is 17.0 Å². The minimum absolute atomic E-state index is 0.0960. The molecule has 0 unspecified atom stereocenters. The van der Waals surface area contributed by atoms with Crippen molar-refractivity contribution < 1.29 is 19.5 Å². The second kappa shape index (κ2) is 6.77. The van der Waals surface area contributed by atoms with Crippen molar-refractivity contribution in [1.82, 2.24) is 4.98 Å². The largest absolute Gasteiger partial charge is 0.481 e. The summed E-state index contributed by atoms with van der Waals surface area (Å²) >= 11 is 1.12. The van der Waals surface area contributed by atoms with E-state index in [9.17, 15) is 14.4 Å². The second-order valence-corrected chi connectivity index (χ2v) is 6.99. The number of hydrogen-bond donors (Lipinski definition) is 1. The van der Waals surface area contributed by atoms with Crippen LogP contribution in [0, 0.1) is 0 Å². The van der Waals surface area contributed by atoms with Crippen LogP contribution in [0.5, 0.6) is 0 Å². The Bertz CT molecular complexity index is 1010. The molecule has 0 spiro atoms. The van der Waals surface area contributed by atoms with Gasteiger partial charge >= 0.3 is 5.97 Å². The first-order valence-corrected chi connectivity index (χ1v) is 9.11. The molecule has 1 aliphatic carbocycles. The normalized spacial score (nSPS) is 12.4. The highest BCUT2D eigenvalue weighted by atomic mass is 32.1. The zero-order chi connectivity index (χ0) is 19.0. The number of ketones is 2. The third kappa shape index (κ3) is 3.02. The minimum Gasteiger partial charge on any atom is -0.481 e. The van der Waals surface area contributed by atoms with Crippen LogP contribution in [0.1, 0.15) is 37.7 Å². The lowest BCUT2D eigenvalue weighted by Gasteiger charge is -2.21. The van der Waals surface area contributed by atoms with Gasteiger partial charge in [0.2, 0.25) is 11.6 Å². The van der Waals surface area contributed by atoms with Crippen LogP contribution in [-0.4, -0.2) is 34.2 Å². The van der Waals surface area contributed by atoms with Crippen LogP contribution in [0.25, 0.3) is 0 Å². The summed E-state index contributed by atoms with van der Waals surface area (Å²) in [5.74, 6) is -1.44. The first-order valence-electron chi connectivity index (χ1n) is 8.30. The number of carboxylic acid groups (broad SMARTS) is 1. The number of hydrogen-bond acceptors (Lipinski definition) is 6. The number of fused-ring (bicyclic) bond motifs is 2. The lowest BCUT2D eigenvalue weighted by atomic mass is 9.91. The van der Waals surface area contributed by atoms with Crippen molar-refractivity contribution in [1.29, 1.82) is 0 Å². The van der Waals surface area contributed by atoms with E-state index in [1.54, 1.807) is 29.2 Å². The van der Waals surface area contributed by atoms with Gasteiger partial charge in [-0.25, -0.2) is 4.98 Å². The number of carboxylic acids is 1. The SMILES string of the molecule is O=C(O)CCN(c1ccccc1)c1nc2c(s1)C(=O)c1ccccc1C2=O. The Morgan fingerprint density at radius 1 is 0.963 bits per heavy atom. The van der Waals surface area contributed by atoms with Crippen LogP contribution in [0.4, 0.5) is 10.8 Å². The molecule has 4 rings (SSSR count). The van der Waals surface area contributed by atoms with Crippen LogP contribution < -0.4 is 4.90 Å². The van der Waals surface area contributed by atoms with E-state index in [2.05, 4.69) is 4.98 Å². The van der Waals surface area contributed by atoms with Crippen molar-refractivity contribution >= 4 is 39.7 Å². The maximum Gasteiger partial charge on any atom is 0.305 e. The molecule has 0 bridgehead atoms. The van der Waals surface area contributed by atoms with Gasteiger partial charge in [-0.1, -0.05) is 53.8 Å². The summed E-state index contributed by atoms with van der Waals surface area (Å²) in [5, 5.41) is 9.50. The molecule has 134 valence electrons. The first-order chi connectivity index (χ1) is 13.1. The molecule has 0 amide bonds. The highest BCUT2D eigenvalue weighted by Gasteiger charge is 2.34. The highest BCUT2D eigenvalue weighted by molar-refractivity contribution is 7.18. The summed E-state index contributed by atoms with van der Waals surface area (Å²) in [4.78, 5) is 43.1. The predicted octanol–water partition coefficient (Wildman–Crippen LogP) is 3.53. The number of carbonyl (C=O) groups is 3. The number of anilines is 2. The zero-order valence-electron chi connectivity index (χ0n) is 14.1. The third-order valence-corrected chi connectivity index (χ3v) is 5.38. The van der Waals surface area contributed by atoms with Gasteiger partial charge in [-0.2, -0.15) is 0 Å². The number of carbonyl (C=O) groups excluding carboxylic acids is 2. The van der Waals surface area contributed by atoms with E-state index in [0.29, 0.717) is 21.1 Å². The molecule has 0 fully saturated rings. The van der Waals surface area contributed by atoms with Gasteiger partial charge in [0.05, 0.1) is 6.42 Å². The van der Waals surface area contributed by atoms with Gasteiger partial charge in [0.15, 0.2) is 5.13 Å². The average molecular weight is 378 g/mol. The van der Waals surface area contributed by atoms with Gasteiger partial charge in [-0.15, -0.1) is 0 Å². The number of rotatable bonds is 5. The standard InChI is InChI=1S/C20H14N2O4S/c23-15(24)10-11-22(12-6-2-1-3-7-12)20-21-16-17(25)13-8-4-5-9-14(13)18(26)19(16)27-20/h1-9H,10-11H2,(H,23,24). The molecule has 0 atom stereocenters. The Kier molecular flexibility index (Phi) is 4.29. The van der Waals surface area contributed by atoms with Crippen LogP contribution in [0.3, 0.4) is 0 Å². The van der Waals surface area contributed by atoms with Gasteiger partial charge in [0, 0.05) is 23.4 Å². The van der Waals surface area contributed by atoms with Gasteiger partial charge in [-0.3, -0.25) is 14.4 Å². The summed E-state index contributed by atoms with van der Waals surface area (Å²) in [6.45, 7) is 0.182. The van der Waals surface area contributed by atoms with Crippen LogP contribution in [0.2, 0.25) is 0 Å². The maximum absolute atomic E-state index is 12.8. The number of para-hydroxylation sites is 1. The summed E-state index contributed by atoms with van der Waals surface area (Å²) in [7, 11) is 0. The van der Waals surface area contributed by atoms with E-state index in [1.165, 1.54) is 0 Å². The molecule has 2 aromatic carbocycles. The molecule has 1 aliphatic rings.